The summed E-state index contributed by atoms with van der Waals surface area (Å²) in [4.78, 5) is 24.7. The molecule has 0 atom stereocenters. The summed E-state index contributed by atoms with van der Waals surface area (Å²) in [7, 11) is 0. The first kappa shape index (κ1) is 11.4. The number of aliphatic hydroxyl groups is 1. The van der Waals surface area contributed by atoms with Crippen molar-refractivity contribution in [2.75, 3.05) is 0 Å². The molecular weight excluding hydrogens is 218 g/mol. The summed E-state index contributed by atoms with van der Waals surface area (Å²) in [6, 6.07) is 9.31. The van der Waals surface area contributed by atoms with Crippen LogP contribution in [0.15, 0.2) is 42.2 Å². The van der Waals surface area contributed by atoms with Crippen LogP contribution in [0, 0.1) is 0 Å². The Labute approximate surface area is 99.2 Å². The molecule has 0 spiro atoms. The van der Waals surface area contributed by atoms with Crippen molar-refractivity contribution in [2.45, 2.75) is 19.4 Å². The lowest BCUT2D eigenvalue weighted by Gasteiger charge is -2.26. The summed E-state index contributed by atoms with van der Waals surface area (Å²) < 4.78 is 0. The molecule has 1 aliphatic heterocycles. The van der Waals surface area contributed by atoms with Gasteiger partial charge in [0.15, 0.2) is 0 Å². The molecule has 4 nitrogen and oxygen atoms in total. The van der Waals surface area contributed by atoms with E-state index >= 15 is 0 Å². The Hall–Kier alpha value is -2.10. The first-order valence-corrected chi connectivity index (χ1v) is 5.44. The van der Waals surface area contributed by atoms with Gasteiger partial charge in [-0.3, -0.25) is 14.5 Å². The number of carbonyl (C=O) groups excluding carboxylic acids is 2. The molecule has 0 bridgehead atoms. The maximum Gasteiger partial charge on any atom is 0.259 e. The van der Waals surface area contributed by atoms with Crippen LogP contribution in [0.4, 0.5) is 0 Å². The maximum absolute atomic E-state index is 11.8. The molecule has 0 aliphatic carbocycles. The van der Waals surface area contributed by atoms with Crippen LogP contribution < -0.4 is 0 Å². The van der Waals surface area contributed by atoms with Gasteiger partial charge >= 0.3 is 0 Å². The number of aliphatic hydroxyl groups excluding tert-OH is 1. The fraction of sp³-hybridized carbons (Fsp3) is 0.231. The van der Waals surface area contributed by atoms with Crippen molar-refractivity contribution < 1.29 is 14.7 Å². The van der Waals surface area contributed by atoms with Gasteiger partial charge in [0.2, 0.25) is 5.91 Å². The van der Waals surface area contributed by atoms with Crippen LogP contribution in [-0.4, -0.2) is 21.8 Å². The maximum atomic E-state index is 11.8. The highest BCUT2D eigenvalue weighted by Gasteiger charge is 2.29. The summed E-state index contributed by atoms with van der Waals surface area (Å²) >= 11 is 0. The minimum Gasteiger partial charge on any atom is -0.515 e. The Kier molecular flexibility index (Phi) is 3.23. The largest absolute Gasteiger partial charge is 0.515 e. The Morgan fingerprint density at radius 2 is 1.88 bits per heavy atom. The lowest BCUT2D eigenvalue weighted by molar-refractivity contribution is -0.145. The summed E-state index contributed by atoms with van der Waals surface area (Å²) in [5, 5.41) is 8.91. The normalized spacial score (nSPS) is 18.8. The third kappa shape index (κ3) is 2.36. The van der Waals surface area contributed by atoms with Gasteiger partial charge in [-0.15, -0.1) is 0 Å². The molecule has 1 aromatic rings. The highest BCUT2D eigenvalue weighted by Crippen LogP contribution is 2.19. The Balaban J connectivity index is 2.18. The molecular formula is C13H13NO3. The number of nitrogens with zero attached hydrogens (tertiary/aromatic N) is 1. The SMILES string of the molecule is O=C1CC/C(=C/O)C(=O)N1Cc1ccccc1. The average Bonchev–Trinajstić information content (AvgIpc) is 2.36. The van der Waals surface area contributed by atoms with Gasteiger partial charge < -0.3 is 5.11 Å². The monoisotopic (exact) mass is 231 g/mol. The van der Waals surface area contributed by atoms with Crippen molar-refractivity contribution in [3.05, 3.63) is 47.7 Å². The van der Waals surface area contributed by atoms with Gasteiger partial charge in [-0.05, 0) is 12.0 Å². The van der Waals surface area contributed by atoms with Crippen LogP contribution in [0.5, 0.6) is 0 Å². The number of benzene rings is 1. The number of amides is 2. The van der Waals surface area contributed by atoms with Crippen LogP contribution in [0.25, 0.3) is 0 Å². The van der Waals surface area contributed by atoms with Crippen LogP contribution in [0.2, 0.25) is 0 Å². The van der Waals surface area contributed by atoms with Gasteiger partial charge in [-0.25, -0.2) is 0 Å². The van der Waals surface area contributed by atoms with Crippen LogP contribution in [-0.2, 0) is 16.1 Å². The number of imide groups is 1. The van der Waals surface area contributed by atoms with Crippen LogP contribution >= 0.6 is 0 Å². The highest BCUT2D eigenvalue weighted by atomic mass is 16.2. The molecule has 1 fully saturated rings. The summed E-state index contributed by atoms with van der Waals surface area (Å²) in [6.07, 6.45) is 1.39. The zero-order chi connectivity index (χ0) is 12.3. The van der Waals surface area contributed by atoms with Gasteiger partial charge in [0.25, 0.3) is 5.91 Å². The van der Waals surface area contributed by atoms with Crippen molar-refractivity contribution in [1.82, 2.24) is 4.90 Å². The summed E-state index contributed by atoms with van der Waals surface area (Å²) in [5.74, 6) is -0.586. The van der Waals surface area contributed by atoms with E-state index in [0.717, 1.165) is 11.8 Å². The molecule has 2 amide bonds. The molecule has 1 saturated heterocycles. The van der Waals surface area contributed by atoms with Crippen molar-refractivity contribution in [2.24, 2.45) is 0 Å². The number of rotatable bonds is 2. The number of carbonyl (C=O) groups is 2. The van der Waals surface area contributed by atoms with Crippen molar-refractivity contribution >= 4 is 11.8 Å². The molecule has 0 unspecified atom stereocenters. The average molecular weight is 231 g/mol. The smallest absolute Gasteiger partial charge is 0.259 e. The van der Waals surface area contributed by atoms with Crippen LogP contribution in [0.3, 0.4) is 0 Å². The van der Waals surface area contributed by atoms with E-state index in [1.165, 1.54) is 4.90 Å². The lowest BCUT2D eigenvalue weighted by Crippen LogP contribution is -2.40. The van der Waals surface area contributed by atoms with Crippen molar-refractivity contribution in [3.63, 3.8) is 0 Å². The van der Waals surface area contributed by atoms with Gasteiger partial charge in [0, 0.05) is 6.42 Å². The second-order valence-electron chi connectivity index (χ2n) is 3.92. The first-order valence-electron chi connectivity index (χ1n) is 5.44. The van der Waals surface area contributed by atoms with E-state index in [-0.39, 0.29) is 18.9 Å². The number of likely N-dealkylation sites (tertiary alicyclic amines) is 1. The molecule has 2 rings (SSSR count). The van der Waals surface area contributed by atoms with E-state index in [2.05, 4.69) is 0 Å². The topological polar surface area (TPSA) is 57.6 Å². The molecule has 0 aromatic heterocycles. The molecule has 1 aliphatic rings. The predicted molar refractivity (Wildman–Crippen MR) is 61.9 cm³/mol. The van der Waals surface area contributed by atoms with E-state index in [1.807, 2.05) is 30.3 Å². The third-order valence-electron chi connectivity index (χ3n) is 2.77. The van der Waals surface area contributed by atoms with E-state index in [4.69, 9.17) is 5.11 Å². The van der Waals surface area contributed by atoms with E-state index in [0.29, 0.717) is 12.0 Å². The summed E-state index contributed by atoms with van der Waals surface area (Å²) in [5.41, 5.74) is 1.19. The number of hydrogen-bond acceptors (Lipinski definition) is 3. The van der Waals surface area contributed by atoms with Gasteiger partial charge in [-0.1, -0.05) is 30.3 Å². The zero-order valence-corrected chi connectivity index (χ0v) is 9.30. The Bertz CT molecular complexity index is 465. The minimum atomic E-state index is -0.396. The quantitative estimate of drug-likeness (QED) is 0.479. The standard InChI is InChI=1S/C13H13NO3/c15-9-11-6-7-12(16)14(13(11)17)8-10-4-2-1-3-5-10/h1-5,9,15H,6-8H2/b11-9-. The zero-order valence-electron chi connectivity index (χ0n) is 9.30. The van der Waals surface area contributed by atoms with Gasteiger partial charge in [0.1, 0.15) is 0 Å². The Morgan fingerprint density at radius 3 is 2.53 bits per heavy atom. The highest BCUT2D eigenvalue weighted by molar-refractivity contribution is 6.06. The second kappa shape index (κ2) is 4.82. The van der Waals surface area contributed by atoms with E-state index < -0.39 is 5.91 Å². The van der Waals surface area contributed by atoms with Crippen LogP contribution in [0.1, 0.15) is 18.4 Å². The van der Waals surface area contributed by atoms with Crippen molar-refractivity contribution in [1.29, 1.82) is 0 Å². The third-order valence-corrected chi connectivity index (χ3v) is 2.77. The number of hydrogen-bond donors (Lipinski definition) is 1. The first-order chi connectivity index (χ1) is 8.22. The van der Waals surface area contributed by atoms with Gasteiger partial charge in [-0.2, -0.15) is 0 Å². The molecule has 4 heteroatoms. The molecule has 1 N–H and O–H groups in total. The molecule has 17 heavy (non-hydrogen) atoms. The molecule has 1 heterocycles. The molecule has 1 aromatic carbocycles. The minimum absolute atomic E-state index is 0.190. The Morgan fingerprint density at radius 1 is 1.18 bits per heavy atom. The predicted octanol–water partition coefficient (Wildman–Crippen LogP) is 1.78. The fourth-order valence-electron chi connectivity index (χ4n) is 1.82. The van der Waals surface area contributed by atoms with Gasteiger partial charge in [0.05, 0.1) is 18.4 Å². The van der Waals surface area contributed by atoms with E-state index in [9.17, 15) is 9.59 Å². The molecule has 88 valence electrons. The summed E-state index contributed by atoms with van der Waals surface area (Å²) in [6.45, 7) is 0.260. The molecule has 0 radical (unpaired) electrons. The van der Waals surface area contributed by atoms with Crippen molar-refractivity contribution in [3.8, 4) is 0 Å². The van der Waals surface area contributed by atoms with E-state index in [1.54, 1.807) is 0 Å². The fourth-order valence-corrected chi connectivity index (χ4v) is 1.82. The second-order valence-corrected chi connectivity index (χ2v) is 3.92. The lowest BCUT2D eigenvalue weighted by atomic mass is 10.0. The number of piperidine rings is 1. The molecule has 0 saturated carbocycles.